The minimum absolute atomic E-state index is 0.0129. The van der Waals surface area contributed by atoms with Crippen molar-refractivity contribution in [2.24, 2.45) is 0 Å². The quantitative estimate of drug-likeness (QED) is 0.210. The first kappa shape index (κ1) is 29.3. The van der Waals surface area contributed by atoms with Gasteiger partial charge in [-0.1, -0.05) is 168 Å². The van der Waals surface area contributed by atoms with Crippen LogP contribution in [0.25, 0.3) is 16.7 Å². The molecule has 1 unspecified atom stereocenters. The van der Waals surface area contributed by atoms with E-state index in [0.717, 1.165) is 12.8 Å². The maximum Gasteiger partial charge on any atom is 0.0223 e. The minimum atomic E-state index is 0.0129. The zero-order chi connectivity index (χ0) is 29.9. The number of rotatable bonds is 3. The van der Waals surface area contributed by atoms with Gasteiger partial charge in [-0.3, -0.25) is 0 Å². The lowest BCUT2D eigenvalue weighted by Crippen LogP contribution is -2.21. The Kier molecular flexibility index (Phi) is 8.37. The molecule has 0 heteroatoms. The monoisotopic (exact) mass is 548 g/mol. The van der Waals surface area contributed by atoms with Crippen LogP contribution in [0.4, 0.5) is 0 Å². The molecule has 0 N–H and O–H groups in total. The van der Waals surface area contributed by atoms with Crippen LogP contribution in [0.1, 0.15) is 85.5 Å². The second-order valence-electron chi connectivity index (χ2n) is 12.2. The number of benzene rings is 5. The number of hydrogen-bond acceptors (Lipinski definition) is 0. The molecule has 5 aromatic carbocycles. The Hall–Kier alpha value is -4.16. The van der Waals surface area contributed by atoms with Crippen molar-refractivity contribution < 1.29 is 0 Å². The van der Waals surface area contributed by atoms with Crippen LogP contribution in [0.5, 0.6) is 0 Å². The summed E-state index contributed by atoms with van der Waals surface area (Å²) < 4.78 is 0. The number of fused-ring (bicyclic) bond motifs is 4. The van der Waals surface area contributed by atoms with Gasteiger partial charge in [0.25, 0.3) is 0 Å². The minimum Gasteiger partial charge on any atom is -0.0952 e. The van der Waals surface area contributed by atoms with Gasteiger partial charge in [-0.2, -0.15) is 0 Å². The predicted molar refractivity (Wildman–Crippen MR) is 182 cm³/mol. The van der Waals surface area contributed by atoms with Gasteiger partial charge >= 0.3 is 0 Å². The molecule has 0 bridgehead atoms. The van der Waals surface area contributed by atoms with Crippen molar-refractivity contribution >= 4 is 5.57 Å². The molecule has 0 radical (unpaired) electrons. The van der Waals surface area contributed by atoms with Gasteiger partial charge in [0.15, 0.2) is 0 Å². The third kappa shape index (κ3) is 5.27. The van der Waals surface area contributed by atoms with Crippen LogP contribution in [0.15, 0.2) is 128 Å². The van der Waals surface area contributed by atoms with Crippen molar-refractivity contribution in [2.45, 2.75) is 65.2 Å². The van der Waals surface area contributed by atoms with Gasteiger partial charge in [0.05, 0.1) is 0 Å². The van der Waals surface area contributed by atoms with Gasteiger partial charge in [-0.05, 0) is 75.4 Å². The van der Waals surface area contributed by atoms with Crippen molar-refractivity contribution in [3.8, 4) is 11.1 Å². The normalized spacial score (nSPS) is 17.1. The van der Waals surface area contributed by atoms with Crippen LogP contribution in [-0.2, 0) is 17.3 Å². The molecule has 0 saturated carbocycles. The highest BCUT2D eigenvalue weighted by molar-refractivity contribution is 5.81. The fourth-order valence-corrected chi connectivity index (χ4v) is 6.99. The fraction of sp³-hybridized carbons (Fsp3) is 0.238. The van der Waals surface area contributed by atoms with Crippen molar-refractivity contribution in [1.29, 1.82) is 0 Å². The maximum absolute atomic E-state index is 4.36. The van der Waals surface area contributed by atoms with Gasteiger partial charge in [0, 0.05) is 10.8 Å². The van der Waals surface area contributed by atoms with E-state index in [-0.39, 0.29) is 10.8 Å². The molecule has 2 aliphatic rings. The first-order valence-electron chi connectivity index (χ1n) is 15.4. The standard InChI is InChI=1S/C24H22.C16H16.C2H6/c1-18-17-24(2,21-13-7-4-8-14-21)23-20(12-9-15-22(18)23)16-19-10-5-3-6-11-19;1-11-8-9-13-12-6-4-5-7-14(12)16(2,3)15(13)10-11;1-2/h3-15H,1,16-17H2,2H3;4-10H,1-3H3;1-2H3. The second-order valence-corrected chi connectivity index (χ2v) is 12.2. The molecule has 0 aliphatic heterocycles. The smallest absolute Gasteiger partial charge is 0.0223 e. The zero-order valence-corrected chi connectivity index (χ0v) is 26.2. The molecule has 0 saturated heterocycles. The molecule has 0 spiro atoms. The Balaban J connectivity index is 0.000000170. The summed E-state index contributed by atoms with van der Waals surface area (Å²) in [5.74, 6) is 0. The molecule has 42 heavy (non-hydrogen) atoms. The van der Waals surface area contributed by atoms with Crippen molar-refractivity contribution in [3.05, 3.63) is 172 Å². The molecule has 0 heterocycles. The Bertz CT molecular complexity index is 1690. The Morgan fingerprint density at radius 2 is 1.21 bits per heavy atom. The van der Waals surface area contributed by atoms with E-state index < -0.39 is 0 Å². The molecule has 0 fully saturated rings. The van der Waals surface area contributed by atoms with Crippen LogP contribution >= 0.6 is 0 Å². The SMILES string of the molecule is C=C1CC(C)(c2ccccc2)c2c(Cc3ccccc3)cccc21.CC.Cc1ccc2c(c1)C(C)(C)c1ccccc1-2. The molecule has 0 nitrogen and oxygen atoms in total. The highest BCUT2D eigenvalue weighted by Gasteiger charge is 2.39. The van der Waals surface area contributed by atoms with Gasteiger partial charge in [-0.15, -0.1) is 0 Å². The lowest BCUT2D eigenvalue weighted by molar-refractivity contribution is 0.606. The fourth-order valence-electron chi connectivity index (χ4n) is 6.99. The lowest BCUT2D eigenvalue weighted by atomic mass is 9.75. The van der Waals surface area contributed by atoms with E-state index in [9.17, 15) is 0 Å². The molecular weight excluding hydrogens is 504 g/mol. The van der Waals surface area contributed by atoms with Crippen LogP contribution < -0.4 is 0 Å². The number of hydrogen-bond donors (Lipinski definition) is 0. The topological polar surface area (TPSA) is 0 Å². The molecular formula is C42H44. The van der Waals surface area contributed by atoms with Gasteiger partial charge in [-0.25, -0.2) is 0 Å². The average Bonchev–Trinajstić information content (AvgIpc) is 3.42. The third-order valence-corrected chi connectivity index (χ3v) is 9.04. The van der Waals surface area contributed by atoms with E-state index in [4.69, 9.17) is 0 Å². The first-order chi connectivity index (χ1) is 20.3. The van der Waals surface area contributed by atoms with E-state index >= 15 is 0 Å². The second kappa shape index (κ2) is 12.0. The molecule has 7 rings (SSSR count). The molecule has 2 aliphatic carbocycles. The van der Waals surface area contributed by atoms with E-state index in [1.807, 2.05) is 13.8 Å². The summed E-state index contributed by atoms with van der Waals surface area (Å²) in [6.45, 7) is 17.5. The van der Waals surface area contributed by atoms with E-state index in [1.165, 1.54) is 61.2 Å². The average molecular weight is 549 g/mol. The van der Waals surface area contributed by atoms with Crippen LogP contribution in [-0.4, -0.2) is 0 Å². The van der Waals surface area contributed by atoms with Gasteiger partial charge in [0.2, 0.25) is 0 Å². The third-order valence-electron chi connectivity index (χ3n) is 9.04. The Morgan fingerprint density at radius 3 is 1.93 bits per heavy atom. The number of allylic oxidation sites excluding steroid dienone is 1. The highest BCUT2D eigenvalue weighted by Crippen LogP contribution is 2.51. The van der Waals surface area contributed by atoms with E-state index in [2.05, 4.69) is 156 Å². The maximum atomic E-state index is 4.36. The summed E-state index contributed by atoms with van der Waals surface area (Å²) in [6, 6.07) is 43.9. The predicted octanol–water partition coefficient (Wildman–Crippen LogP) is 11.3. The summed E-state index contributed by atoms with van der Waals surface area (Å²) in [4.78, 5) is 0. The Morgan fingerprint density at radius 1 is 0.619 bits per heavy atom. The van der Waals surface area contributed by atoms with Crippen molar-refractivity contribution in [1.82, 2.24) is 0 Å². The molecule has 0 aromatic heterocycles. The van der Waals surface area contributed by atoms with Crippen molar-refractivity contribution in [3.63, 3.8) is 0 Å². The summed E-state index contributed by atoms with van der Waals surface area (Å²) >= 11 is 0. The lowest BCUT2D eigenvalue weighted by Gasteiger charge is -2.28. The van der Waals surface area contributed by atoms with Crippen LogP contribution in [0.3, 0.4) is 0 Å². The van der Waals surface area contributed by atoms with Gasteiger partial charge in [0.1, 0.15) is 0 Å². The van der Waals surface area contributed by atoms with Gasteiger partial charge < -0.3 is 0 Å². The summed E-state index contributed by atoms with van der Waals surface area (Å²) in [5.41, 5.74) is 15.5. The largest absolute Gasteiger partial charge is 0.0952 e. The van der Waals surface area contributed by atoms with E-state index in [1.54, 1.807) is 0 Å². The summed E-state index contributed by atoms with van der Waals surface area (Å²) in [6.07, 6.45) is 1.97. The molecule has 1 atom stereocenters. The van der Waals surface area contributed by atoms with Crippen LogP contribution in [0.2, 0.25) is 0 Å². The highest BCUT2D eigenvalue weighted by atomic mass is 14.4. The molecule has 212 valence electrons. The molecule has 5 aromatic rings. The van der Waals surface area contributed by atoms with E-state index in [0.29, 0.717) is 0 Å². The van der Waals surface area contributed by atoms with Crippen molar-refractivity contribution in [2.75, 3.05) is 0 Å². The number of aryl methyl sites for hydroxylation is 1. The van der Waals surface area contributed by atoms with Crippen LogP contribution in [0, 0.1) is 6.92 Å². The zero-order valence-electron chi connectivity index (χ0n) is 26.2. The summed E-state index contributed by atoms with van der Waals surface area (Å²) in [5, 5.41) is 0. The molecule has 0 amide bonds. The Labute approximate surface area is 253 Å². The summed E-state index contributed by atoms with van der Waals surface area (Å²) in [7, 11) is 0. The first-order valence-corrected chi connectivity index (χ1v) is 15.4.